The van der Waals surface area contributed by atoms with Crippen LogP contribution in [0.1, 0.15) is 45.4 Å². The van der Waals surface area contributed by atoms with Crippen molar-refractivity contribution in [1.29, 1.82) is 0 Å². The van der Waals surface area contributed by atoms with Crippen LogP contribution >= 0.6 is 0 Å². The summed E-state index contributed by atoms with van der Waals surface area (Å²) in [5, 5.41) is 3.59. The summed E-state index contributed by atoms with van der Waals surface area (Å²) in [6.07, 6.45) is 8.50. The lowest BCUT2D eigenvalue weighted by molar-refractivity contribution is 0.0915. The second-order valence-corrected chi connectivity index (χ2v) is 7.82. The van der Waals surface area contributed by atoms with Crippen LogP contribution in [0, 0.1) is 11.3 Å². The summed E-state index contributed by atoms with van der Waals surface area (Å²) in [4.78, 5) is 5.44. The molecule has 3 aliphatic heterocycles. The van der Waals surface area contributed by atoms with E-state index >= 15 is 0 Å². The molecule has 1 unspecified atom stereocenters. The third-order valence-corrected chi connectivity index (χ3v) is 5.71. The smallest absolute Gasteiger partial charge is 0.00475 e. The maximum Gasteiger partial charge on any atom is 0.00475 e. The normalized spacial score (nSPS) is 34.6. The van der Waals surface area contributed by atoms with E-state index in [0.29, 0.717) is 5.41 Å². The molecule has 0 spiro atoms. The van der Waals surface area contributed by atoms with Gasteiger partial charge in [0, 0.05) is 19.6 Å². The molecule has 3 heterocycles. The fraction of sp³-hybridized carbons (Fsp3) is 1.00. The minimum atomic E-state index is 0.528. The fourth-order valence-corrected chi connectivity index (χ4v) is 4.45. The molecule has 0 saturated carbocycles. The van der Waals surface area contributed by atoms with Gasteiger partial charge in [-0.15, -0.1) is 0 Å². The van der Waals surface area contributed by atoms with Gasteiger partial charge in [0.15, 0.2) is 0 Å². The first kappa shape index (κ1) is 14.8. The zero-order valence-electron chi connectivity index (χ0n) is 13.4. The number of hydrogen-bond donors (Lipinski definition) is 1. The summed E-state index contributed by atoms with van der Waals surface area (Å²) in [6.45, 7) is 13.0. The molecular weight excluding hydrogens is 246 g/mol. The topological polar surface area (TPSA) is 18.5 Å². The zero-order valence-corrected chi connectivity index (χ0v) is 13.4. The minimum absolute atomic E-state index is 0.528. The largest absolute Gasteiger partial charge is 0.316 e. The molecule has 0 aromatic carbocycles. The summed E-state index contributed by atoms with van der Waals surface area (Å²) in [6, 6.07) is 0. The highest BCUT2D eigenvalue weighted by molar-refractivity contribution is 4.86. The van der Waals surface area contributed by atoms with Gasteiger partial charge in [-0.05, 0) is 82.6 Å². The number of likely N-dealkylation sites (tertiary alicyclic amines) is 2. The van der Waals surface area contributed by atoms with Crippen LogP contribution in [0.15, 0.2) is 0 Å². The van der Waals surface area contributed by atoms with E-state index in [1.165, 1.54) is 90.9 Å². The SMILES string of the molecule is CC1(CN2CCC(CN3CCCC3)CC2)CCCNC1. The third-order valence-electron chi connectivity index (χ3n) is 5.71. The predicted molar refractivity (Wildman–Crippen MR) is 85.0 cm³/mol. The van der Waals surface area contributed by atoms with Crippen molar-refractivity contribution in [2.24, 2.45) is 11.3 Å². The van der Waals surface area contributed by atoms with E-state index in [0.717, 1.165) is 5.92 Å². The standard InChI is InChI=1S/C17H33N3/c1-17(7-4-8-18-14-17)15-20-11-5-16(6-12-20)13-19-9-2-3-10-19/h16,18H,2-15H2,1H3. The van der Waals surface area contributed by atoms with E-state index in [4.69, 9.17) is 0 Å². The number of nitrogens with zero attached hydrogens (tertiary/aromatic N) is 2. The lowest BCUT2D eigenvalue weighted by Crippen LogP contribution is -2.48. The van der Waals surface area contributed by atoms with Crippen LogP contribution in [0.25, 0.3) is 0 Å². The van der Waals surface area contributed by atoms with E-state index in [2.05, 4.69) is 22.0 Å². The molecule has 3 saturated heterocycles. The molecule has 20 heavy (non-hydrogen) atoms. The number of piperidine rings is 2. The summed E-state index contributed by atoms with van der Waals surface area (Å²) >= 11 is 0. The Bertz CT molecular complexity index is 285. The molecule has 3 fully saturated rings. The van der Waals surface area contributed by atoms with E-state index < -0.39 is 0 Å². The monoisotopic (exact) mass is 279 g/mol. The maximum absolute atomic E-state index is 3.59. The maximum atomic E-state index is 3.59. The Morgan fingerprint density at radius 3 is 2.40 bits per heavy atom. The second-order valence-electron chi connectivity index (χ2n) is 7.82. The Balaban J connectivity index is 1.39. The minimum Gasteiger partial charge on any atom is -0.316 e. The second kappa shape index (κ2) is 6.76. The number of hydrogen-bond acceptors (Lipinski definition) is 3. The zero-order chi connectivity index (χ0) is 13.8. The average molecular weight is 279 g/mol. The van der Waals surface area contributed by atoms with Crippen LogP contribution in [-0.4, -0.2) is 62.2 Å². The van der Waals surface area contributed by atoms with Gasteiger partial charge in [0.2, 0.25) is 0 Å². The quantitative estimate of drug-likeness (QED) is 0.851. The molecule has 3 rings (SSSR count). The van der Waals surface area contributed by atoms with E-state index in [1.54, 1.807) is 0 Å². The van der Waals surface area contributed by atoms with Gasteiger partial charge in [0.25, 0.3) is 0 Å². The van der Waals surface area contributed by atoms with Gasteiger partial charge in [-0.25, -0.2) is 0 Å². The van der Waals surface area contributed by atoms with Crippen molar-refractivity contribution in [2.45, 2.75) is 45.4 Å². The molecule has 3 aliphatic rings. The molecule has 3 nitrogen and oxygen atoms in total. The Labute approximate surface area is 125 Å². The predicted octanol–water partition coefficient (Wildman–Crippen LogP) is 2.18. The van der Waals surface area contributed by atoms with Gasteiger partial charge in [-0.1, -0.05) is 6.92 Å². The summed E-state index contributed by atoms with van der Waals surface area (Å²) in [5.41, 5.74) is 0.528. The van der Waals surface area contributed by atoms with Gasteiger partial charge >= 0.3 is 0 Å². The van der Waals surface area contributed by atoms with Crippen molar-refractivity contribution in [1.82, 2.24) is 15.1 Å². The Hall–Kier alpha value is -0.120. The molecule has 0 aromatic heterocycles. The van der Waals surface area contributed by atoms with Crippen LogP contribution in [0.5, 0.6) is 0 Å². The van der Waals surface area contributed by atoms with Crippen molar-refractivity contribution < 1.29 is 0 Å². The van der Waals surface area contributed by atoms with Crippen molar-refractivity contribution in [2.75, 3.05) is 52.4 Å². The molecule has 116 valence electrons. The van der Waals surface area contributed by atoms with Gasteiger partial charge in [0.1, 0.15) is 0 Å². The Morgan fingerprint density at radius 2 is 1.75 bits per heavy atom. The van der Waals surface area contributed by atoms with Crippen LogP contribution in [-0.2, 0) is 0 Å². The van der Waals surface area contributed by atoms with Gasteiger partial charge in [0.05, 0.1) is 0 Å². The van der Waals surface area contributed by atoms with E-state index in [1.807, 2.05) is 0 Å². The highest BCUT2D eigenvalue weighted by atomic mass is 15.2. The molecule has 0 amide bonds. The molecule has 1 N–H and O–H groups in total. The Morgan fingerprint density at radius 1 is 1.00 bits per heavy atom. The van der Waals surface area contributed by atoms with Crippen LogP contribution in [0.3, 0.4) is 0 Å². The van der Waals surface area contributed by atoms with Crippen molar-refractivity contribution in [3.63, 3.8) is 0 Å². The summed E-state index contributed by atoms with van der Waals surface area (Å²) in [7, 11) is 0. The number of rotatable bonds is 4. The molecule has 0 radical (unpaired) electrons. The summed E-state index contributed by atoms with van der Waals surface area (Å²) < 4.78 is 0. The van der Waals surface area contributed by atoms with Gasteiger partial charge in [-0.2, -0.15) is 0 Å². The lowest BCUT2D eigenvalue weighted by Gasteiger charge is -2.41. The molecule has 0 aromatic rings. The van der Waals surface area contributed by atoms with Crippen LogP contribution in [0.2, 0.25) is 0 Å². The first-order chi connectivity index (χ1) is 9.73. The first-order valence-electron chi connectivity index (χ1n) is 8.89. The summed E-state index contributed by atoms with van der Waals surface area (Å²) in [5.74, 6) is 0.974. The first-order valence-corrected chi connectivity index (χ1v) is 8.89. The molecule has 0 bridgehead atoms. The molecular formula is C17H33N3. The lowest BCUT2D eigenvalue weighted by atomic mass is 9.81. The fourth-order valence-electron chi connectivity index (χ4n) is 4.45. The average Bonchev–Trinajstić information content (AvgIpc) is 2.94. The Kier molecular flexibility index (Phi) is 5.00. The number of nitrogens with one attached hydrogen (secondary N) is 1. The molecule has 3 heteroatoms. The third kappa shape index (κ3) is 3.96. The van der Waals surface area contributed by atoms with Crippen molar-refractivity contribution in [3.05, 3.63) is 0 Å². The van der Waals surface area contributed by atoms with Crippen molar-refractivity contribution >= 4 is 0 Å². The van der Waals surface area contributed by atoms with Gasteiger partial charge in [-0.3, -0.25) is 0 Å². The molecule has 0 aliphatic carbocycles. The van der Waals surface area contributed by atoms with Crippen LogP contribution < -0.4 is 5.32 Å². The van der Waals surface area contributed by atoms with E-state index in [-0.39, 0.29) is 0 Å². The highest BCUT2D eigenvalue weighted by Crippen LogP contribution is 2.29. The van der Waals surface area contributed by atoms with Gasteiger partial charge < -0.3 is 15.1 Å². The van der Waals surface area contributed by atoms with Crippen molar-refractivity contribution in [3.8, 4) is 0 Å². The molecule has 1 atom stereocenters. The van der Waals surface area contributed by atoms with Crippen LogP contribution in [0.4, 0.5) is 0 Å². The highest BCUT2D eigenvalue weighted by Gasteiger charge is 2.31. The van der Waals surface area contributed by atoms with E-state index in [9.17, 15) is 0 Å².